The van der Waals surface area contributed by atoms with E-state index < -0.39 is 11.6 Å². The minimum absolute atomic E-state index is 0.00980. The van der Waals surface area contributed by atoms with Gasteiger partial charge in [0, 0.05) is 45.8 Å². The van der Waals surface area contributed by atoms with E-state index in [1.54, 1.807) is 18.0 Å². The predicted molar refractivity (Wildman–Crippen MR) is 120 cm³/mol. The van der Waals surface area contributed by atoms with Crippen LogP contribution in [0, 0.1) is 17.5 Å². The van der Waals surface area contributed by atoms with Gasteiger partial charge in [0.05, 0.1) is 18.9 Å². The number of aliphatic imine (C=N–C) groups is 1. The molecule has 32 heavy (non-hydrogen) atoms. The minimum atomic E-state index is -0.560. The van der Waals surface area contributed by atoms with E-state index >= 15 is 0 Å². The third-order valence-corrected chi connectivity index (χ3v) is 5.83. The van der Waals surface area contributed by atoms with Crippen LogP contribution in [-0.4, -0.2) is 58.4 Å². The number of para-hydroxylation sites is 1. The highest BCUT2D eigenvalue weighted by molar-refractivity contribution is 5.80. The number of guanidine groups is 1. The molecule has 1 unspecified atom stereocenters. The predicted octanol–water partition coefficient (Wildman–Crippen LogP) is 2.88. The molecule has 172 valence electrons. The molecule has 0 amide bonds. The lowest BCUT2D eigenvalue weighted by atomic mass is 10.1. The average Bonchev–Trinajstić information content (AvgIpc) is 3.25. The molecule has 2 saturated heterocycles. The number of ether oxygens (including phenoxy) is 1. The molecule has 9 heteroatoms. The summed E-state index contributed by atoms with van der Waals surface area (Å²) >= 11 is 0. The fraction of sp³-hybridized carbons (Fsp3) is 0.435. The number of nitrogens with zero attached hydrogens (tertiary/aromatic N) is 3. The number of anilines is 2. The second-order valence-corrected chi connectivity index (χ2v) is 7.96. The van der Waals surface area contributed by atoms with Crippen LogP contribution in [0.25, 0.3) is 0 Å². The number of rotatable bonds is 5. The van der Waals surface area contributed by atoms with E-state index in [2.05, 4.69) is 15.6 Å². The van der Waals surface area contributed by atoms with E-state index in [0.29, 0.717) is 57.6 Å². The number of benzene rings is 2. The third-order valence-electron chi connectivity index (χ3n) is 5.83. The Labute approximate surface area is 186 Å². The smallest absolute Gasteiger partial charge is 0.191 e. The molecular weight excluding hydrogens is 419 g/mol. The van der Waals surface area contributed by atoms with Crippen molar-refractivity contribution in [1.29, 1.82) is 0 Å². The minimum Gasteiger partial charge on any atom is -0.378 e. The van der Waals surface area contributed by atoms with Gasteiger partial charge in [-0.1, -0.05) is 12.1 Å². The molecule has 2 heterocycles. The Balaban J connectivity index is 1.31. The molecule has 0 bridgehead atoms. The Morgan fingerprint density at radius 2 is 1.78 bits per heavy atom. The molecule has 2 fully saturated rings. The van der Waals surface area contributed by atoms with Crippen LogP contribution in [0.5, 0.6) is 0 Å². The first-order valence-electron chi connectivity index (χ1n) is 10.8. The van der Waals surface area contributed by atoms with Gasteiger partial charge in [0.1, 0.15) is 23.1 Å². The fourth-order valence-corrected chi connectivity index (χ4v) is 4.17. The van der Waals surface area contributed by atoms with Crippen LogP contribution in [-0.2, 0) is 11.3 Å². The van der Waals surface area contributed by atoms with Gasteiger partial charge in [0.15, 0.2) is 5.96 Å². The summed E-state index contributed by atoms with van der Waals surface area (Å²) in [4.78, 5) is 7.92. The molecule has 2 aromatic rings. The zero-order chi connectivity index (χ0) is 22.5. The lowest BCUT2D eigenvalue weighted by molar-refractivity contribution is 0.122. The summed E-state index contributed by atoms with van der Waals surface area (Å²) in [7, 11) is 1.65. The van der Waals surface area contributed by atoms with E-state index in [1.165, 1.54) is 24.3 Å². The number of nitrogens with one attached hydrogen (secondary N) is 2. The SMILES string of the molecule is CN=C(NCc1ccc(N2CCOCC2)c(F)c1)NC1CCN(c2c(F)cccc2F)C1. The molecule has 4 rings (SSSR count). The molecule has 2 aliphatic rings. The number of hydrogen-bond acceptors (Lipinski definition) is 4. The monoisotopic (exact) mass is 447 g/mol. The van der Waals surface area contributed by atoms with E-state index in [1.807, 2.05) is 11.0 Å². The Morgan fingerprint density at radius 1 is 1.03 bits per heavy atom. The lowest BCUT2D eigenvalue weighted by Crippen LogP contribution is -2.44. The van der Waals surface area contributed by atoms with Crippen molar-refractivity contribution in [1.82, 2.24) is 10.6 Å². The van der Waals surface area contributed by atoms with Gasteiger partial charge >= 0.3 is 0 Å². The molecular formula is C23H28F3N5O. The summed E-state index contributed by atoms with van der Waals surface area (Å²) < 4.78 is 48.1. The summed E-state index contributed by atoms with van der Waals surface area (Å²) in [5.74, 6) is -0.817. The largest absolute Gasteiger partial charge is 0.378 e. The molecule has 6 nitrogen and oxygen atoms in total. The highest BCUT2D eigenvalue weighted by atomic mass is 19.1. The molecule has 0 radical (unpaired) electrons. The third kappa shape index (κ3) is 5.09. The van der Waals surface area contributed by atoms with Crippen molar-refractivity contribution in [2.45, 2.75) is 19.0 Å². The summed E-state index contributed by atoms with van der Waals surface area (Å²) in [5.41, 5.74) is 1.39. The Morgan fingerprint density at radius 3 is 2.47 bits per heavy atom. The van der Waals surface area contributed by atoms with Crippen LogP contribution in [0.2, 0.25) is 0 Å². The van der Waals surface area contributed by atoms with Crippen LogP contribution < -0.4 is 20.4 Å². The molecule has 0 aliphatic carbocycles. The van der Waals surface area contributed by atoms with Gasteiger partial charge in [0.2, 0.25) is 0 Å². The van der Waals surface area contributed by atoms with Crippen LogP contribution in [0.4, 0.5) is 24.5 Å². The first-order valence-corrected chi connectivity index (χ1v) is 10.8. The highest BCUT2D eigenvalue weighted by Crippen LogP contribution is 2.27. The quantitative estimate of drug-likeness (QED) is 0.546. The summed E-state index contributed by atoms with van der Waals surface area (Å²) in [6.45, 7) is 3.97. The molecule has 0 saturated carbocycles. The summed E-state index contributed by atoms with van der Waals surface area (Å²) in [6.07, 6.45) is 0.720. The Bertz CT molecular complexity index is 944. The van der Waals surface area contributed by atoms with E-state index in [-0.39, 0.29) is 17.5 Å². The van der Waals surface area contributed by atoms with Gasteiger partial charge in [-0.05, 0) is 36.2 Å². The zero-order valence-corrected chi connectivity index (χ0v) is 18.1. The van der Waals surface area contributed by atoms with Crippen molar-refractivity contribution in [3.63, 3.8) is 0 Å². The second kappa shape index (κ2) is 10.1. The van der Waals surface area contributed by atoms with Crippen molar-refractivity contribution >= 4 is 17.3 Å². The van der Waals surface area contributed by atoms with Gasteiger partial charge in [-0.3, -0.25) is 4.99 Å². The van der Waals surface area contributed by atoms with Crippen molar-refractivity contribution in [2.24, 2.45) is 4.99 Å². The average molecular weight is 448 g/mol. The van der Waals surface area contributed by atoms with Crippen LogP contribution >= 0.6 is 0 Å². The Kier molecular flexibility index (Phi) is 7.04. The second-order valence-electron chi connectivity index (χ2n) is 7.96. The van der Waals surface area contributed by atoms with Gasteiger partial charge in [-0.15, -0.1) is 0 Å². The standard InChI is InChI=1S/C23H28F3N5O/c1-27-23(29-17-7-8-31(15-17)22-18(24)3-2-4-19(22)25)28-14-16-5-6-21(20(26)13-16)30-9-11-32-12-10-30/h2-6,13,17H,7-12,14-15H2,1H3,(H2,27,28,29). The fourth-order valence-electron chi connectivity index (χ4n) is 4.17. The maximum atomic E-state index is 14.6. The van der Waals surface area contributed by atoms with Crippen LogP contribution in [0.1, 0.15) is 12.0 Å². The first kappa shape index (κ1) is 22.3. The zero-order valence-electron chi connectivity index (χ0n) is 18.1. The molecule has 2 aliphatic heterocycles. The van der Waals surface area contributed by atoms with Gasteiger partial charge in [0.25, 0.3) is 0 Å². The van der Waals surface area contributed by atoms with Gasteiger partial charge < -0.3 is 25.2 Å². The molecule has 2 aromatic carbocycles. The first-order chi connectivity index (χ1) is 15.5. The maximum Gasteiger partial charge on any atom is 0.191 e. The van der Waals surface area contributed by atoms with Crippen LogP contribution in [0.3, 0.4) is 0 Å². The Hall–Kier alpha value is -2.94. The number of morpholine rings is 1. The number of hydrogen-bond donors (Lipinski definition) is 2. The normalized spacial score (nSPS) is 19.4. The highest BCUT2D eigenvalue weighted by Gasteiger charge is 2.27. The van der Waals surface area contributed by atoms with Crippen molar-refractivity contribution in [2.75, 3.05) is 56.2 Å². The van der Waals surface area contributed by atoms with E-state index in [0.717, 1.165) is 12.0 Å². The topological polar surface area (TPSA) is 52.1 Å². The van der Waals surface area contributed by atoms with Crippen LogP contribution in [0.15, 0.2) is 41.4 Å². The van der Waals surface area contributed by atoms with Gasteiger partial charge in [-0.25, -0.2) is 13.2 Å². The summed E-state index contributed by atoms with van der Waals surface area (Å²) in [5, 5.41) is 6.48. The van der Waals surface area contributed by atoms with Crippen molar-refractivity contribution < 1.29 is 17.9 Å². The van der Waals surface area contributed by atoms with E-state index in [9.17, 15) is 13.2 Å². The molecule has 1 atom stereocenters. The molecule has 2 N–H and O–H groups in total. The van der Waals surface area contributed by atoms with E-state index in [4.69, 9.17) is 4.74 Å². The van der Waals surface area contributed by atoms with Crippen molar-refractivity contribution in [3.05, 3.63) is 59.4 Å². The van der Waals surface area contributed by atoms with Crippen molar-refractivity contribution in [3.8, 4) is 0 Å². The maximum absolute atomic E-state index is 14.6. The number of halogens is 3. The summed E-state index contributed by atoms with van der Waals surface area (Å²) in [6, 6.07) is 9.11. The lowest BCUT2D eigenvalue weighted by Gasteiger charge is -2.29. The molecule has 0 aromatic heterocycles. The van der Waals surface area contributed by atoms with Gasteiger partial charge in [-0.2, -0.15) is 0 Å². The molecule has 0 spiro atoms.